The summed E-state index contributed by atoms with van der Waals surface area (Å²) < 4.78 is 27.8. The summed E-state index contributed by atoms with van der Waals surface area (Å²) >= 11 is 0. The van der Waals surface area contributed by atoms with E-state index in [9.17, 15) is 0 Å². The number of benzene rings is 2. The third-order valence-electron chi connectivity index (χ3n) is 4.87. The van der Waals surface area contributed by atoms with E-state index in [-0.39, 0.29) is 5.92 Å². The molecule has 2 aliphatic rings. The molecular formula is C20H22N2O5. The quantitative estimate of drug-likeness (QED) is 0.891. The van der Waals surface area contributed by atoms with Gasteiger partial charge in [-0.1, -0.05) is 0 Å². The molecule has 0 aliphatic carbocycles. The second-order valence-corrected chi connectivity index (χ2v) is 6.29. The first-order chi connectivity index (χ1) is 13.2. The molecule has 0 saturated heterocycles. The predicted octanol–water partition coefficient (Wildman–Crippen LogP) is 3.28. The third-order valence-corrected chi connectivity index (χ3v) is 4.87. The zero-order valence-electron chi connectivity index (χ0n) is 15.8. The third kappa shape index (κ3) is 2.79. The molecule has 2 heterocycles. The average Bonchev–Trinajstić information content (AvgIpc) is 2.90. The molecule has 0 radical (unpaired) electrons. The largest absolute Gasteiger partial charge is 0.493 e. The van der Waals surface area contributed by atoms with Gasteiger partial charge in [-0.2, -0.15) is 0 Å². The lowest BCUT2D eigenvalue weighted by Gasteiger charge is -2.28. The molecule has 2 aromatic rings. The van der Waals surface area contributed by atoms with Gasteiger partial charge in [-0.05, 0) is 12.1 Å². The summed E-state index contributed by atoms with van der Waals surface area (Å²) in [4.78, 5) is 4.96. The van der Waals surface area contributed by atoms with Crippen molar-refractivity contribution in [2.24, 2.45) is 10.9 Å². The number of anilines is 1. The number of nitrogens with one attached hydrogen (secondary N) is 1. The Morgan fingerprint density at radius 1 is 0.963 bits per heavy atom. The van der Waals surface area contributed by atoms with Gasteiger partial charge in [0.25, 0.3) is 0 Å². The van der Waals surface area contributed by atoms with Crippen LogP contribution in [0.4, 0.5) is 11.4 Å². The highest BCUT2D eigenvalue weighted by atomic mass is 16.5. The highest BCUT2D eigenvalue weighted by Gasteiger charge is 2.32. The summed E-state index contributed by atoms with van der Waals surface area (Å²) in [5.41, 5.74) is 3.56. The van der Waals surface area contributed by atoms with Crippen LogP contribution >= 0.6 is 0 Å². The van der Waals surface area contributed by atoms with Crippen molar-refractivity contribution < 1.29 is 23.7 Å². The molecule has 1 unspecified atom stereocenters. The van der Waals surface area contributed by atoms with Crippen LogP contribution in [0.2, 0.25) is 0 Å². The van der Waals surface area contributed by atoms with Crippen molar-refractivity contribution in [3.8, 4) is 28.7 Å². The van der Waals surface area contributed by atoms with Crippen LogP contribution in [0.15, 0.2) is 29.3 Å². The van der Waals surface area contributed by atoms with E-state index in [1.54, 1.807) is 28.4 Å². The van der Waals surface area contributed by atoms with Gasteiger partial charge < -0.3 is 29.0 Å². The second-order valence-electron chi connectivity index (χ2n) is 6.29. The summed E-state index contributed by atoms with van der Waals surface area (Å²) in [6, 6.07) is 7.63. The molecule has 2 aromatic carbocycles. The van der Waals surface area contributed by atoms with E-state index in [0.717, 1.165) is 22.6 Å². The molecule has 0 amide bonds. The van der Waals surface area contributed by atoms with E-state index in [1.807, 2.05) is 24.3 Å². The maximum Gasteiger partial charge on any atom is 0.203 e. The highest BCUT2D eigenvalue weighted by molar-refractivity contribution is 6.09. The molecule has 0 aromatic heterocycles. The van der Waals surface area contributed by atoms with Gasteiger partial charge in [-0.25, -0.2) is 4.99 Å². The standard InChI is InChI=1S/C20H22N2O5/c1-23-15-6-5-12-18-11(10-27-19(12)20(15)26-4)9-21-13-7-16(24-2)17(25-3)8-14(13)22-18/h5-8,11,21H,9-10H2,1-4H3. The van der Waals surface area contributed by atoms with Crippen molar-refractivity contribution in [3.05, 3.63) is 29.8 Å². The van der Waals surface area contributed by atoms with Gasteiger partial charge in [0, 0.05) is 24.2 Å². The van der Waals surface area contributed by atoms with Crippen LogP contribution < -0.4 is 29.0 Å². The number of aliphatic imine (C=N–C) groups is 1. The van der Waals surface area contributed by atoms with Crippen molar-refractivity contribution in [2.75, 3.05) is 46.9 Å². The lowest BCUT2D eigenvalue weighted by molar-refractivity contribution is 0.256. The Morgan fingerprint density at radius 2 is 1.70 bits per heavy atom. The minimum Gasteiger partial charge on any atom is -0.493 e. The number of nitrogens with zero attached hydrogens (tertiary/aromatic N) is 1. The molecule has 1 atom stereocenters. The fraction of sp³-hybridized carbons (Fsp3) is 0.350. The summed E-state index contributed by atoms with van der Waals surface area (Å²) in [6.07, 6.45) is 0. The molecule has 0 saturated carbocycles. The van der Waals surface area contributed by atoms with E-state index in [4.69, 9.17) is 28.7 Å². The monoisotopic (exact) mass is 370 g/mol. The van der Waals surface area contributed by atoms with Crippen LogP contribution in [0.1, 0.15) is 5.56 Å². The Hall–Kier alpha value is -3.09. The summed E-state index contributed by atoms with van der Waals surface area (Å²) in [7, 11) is 6.46. The molecular weight excluding hydrogens is 348 g/mol. The molecule has 0 bridgehead atoms. The van der Waals surface area contributed by atoms with Gasteiger partial charge in [0.2, 0.25) is 5.75 Å². The van der Waals surface area contributed by atoms with Crippen LogP contribution in [-0.2, 0) is 0 Å². The van der Waals surface area contributed by atoms with Crippen LogP contribution in [0.5, 0.6) is 28.7 Å². The first-order valence-electron chi connectivity index (χ1n) is 8.66. The van der Waals surface area contributed by atoms with E-state index in [0.29, 0.717) is 41.9 Å². The van der Waals surface area contributed by atoms with Gasteiger partial charge in [-0.15, -0.1) is 0 Å². The summed E-state index contributed by atoms with van der Waals surface area (Å²) in [5, 5.41) is 3.45. The Labute approximate surface area is 157 Å². The number of hydrogen-bond acceptors (Lipinski definition) is 7. The van der Waals surface area contributed by atoms with Gasteiger partial charge in [0.05, 0.1) is 58.1 Å². The number of rotatable bonds is 4. The zero-order valence-corrected chi connectivity index (χ0v) is 15.8. The van der Waals surface area contributed by atoms with Gasteiger partial charge >= 0.3 is 0 Å². The average molecular weight is 370 g/mol. The Bertz CT molecular complexity index is 910. The Balaban J connectivity index is 1.87. The maximum absolute atomic E-state index is 6.03. The minimum atomic E-state index is 0.111. The van der Waals surface area contributed by atoms with Crippen molar-refractivity contribution in [1.29, 1.82) is 0 Å². The number of fused-ring (bicyclic) bond motifs is 4. The Kier molecular flexibility index (Phi) is 4.43. The topological polar surface area (TPSA) is 70.5 Å². The molecule has 27 heavy (non-hydrogen) atoms. The maximum atomic E-state index is 6.03. The van der Waals surface area contributed by atoms with Crippen LogP contribution in [0.25, 0.3) is 0 Å². The highest BCUT2D eigenvalue weighted by Crippen LogP contribution is 2.46. The van der Waals surface area contributed by atoms with E-state index >= 15 is 0 Å². The van der Waals surface area contributed by atoms with Gasteiger partial charge in [0.15, 0.2) is 23.0 Å². The normalized spacial score (nSPS) is 17.0. The van der Waals surface area contributed by atoms with Crippen molar-refractivity contribution in [2.45, 2.75) is 0 Å². The van der Waals surface area contributed by atoms with Crippen LogP contribution in [-0.4, -0.2) is 47.3 Å². The molecule has 2 aliphatic heterocycles. The molecule has 7 nitrogen and oxygen atoms in total. The van der Waals surface area contributed by atoms with E-state index in [2.05, 4.69) is 5.32 Å². The van der Waals surface area contributed by atoms with E-state index in [1.165, 1.54) is 0 Å². The number of methoxy groups -OCH3 is 4. The number of hydrogen-bond donors (Lipinski definition) is 1. The summed E-state index contributed by atoms with van der Waals surface area (Å²) in [6.45, 7) is 1.21. The molecule has 4 rings (SSSR count). The molecule has 142 valence electrons. The minimum absolute atomic E-state index is 0.111. The van der Waals surface area contributed by atoms with Gasteiger partial charge in [0.1, 0.15) is 0 Å². The number of ether oxygens (including phenoxy) is 5. The SMILES string of the molecule is COc1cc2c(cc1OC)NCC1COc3c(ccc(OC)c3OC)C1=N2. The van der Waals surface area contributed by atoms with E-state index < -0.39 is 0 Å². The zero-order chi connectivity index (χ0) is 19.0. The molecule has 0 fully saturated rings. The first kappa shape index (κ1) is 17.3. The second kappa shape index (κ2) is 6.90. The molecule has 1 N–H and O–H groups in total. The fourth-order valence-corrected chi connectivity index (χ4v) is 3.50. The van der Waals surface area contributed by atoms with Crippen LogP contribution in [0.3, 0.4) is 0 Å². The van der Waals surface area contributed by atoms with Gasteiger partial charge in [-0.3, -0.25) is 0 Å². The van der Waals surface area contributed by atoms with Crippen LogP contribution in [0, 0.1) is 5.92 Å². The van der Waals surface area contributed by atoms with Crippen molar-refractivity contribution >= 4 is 17.1 Å². The first-order valence-corrected chi connectivity index (χ1v) is 8.66. The molecule has 7 heteroatoms. The fourth-order valence-electron chi connectivity index (χ4n) is 3.50. The Morgan fingerprint density at radius 3 is 2.41 bits per heavy atom. The van der Waals surface area contributed by atoms with Crippen molar-refractivity contribution in [1.82, 2.24) is 0 Å². The van der Waals surface area contributed by atoms with Crippen molar-refractivity contribution in [3.63, 3.8) is 0 Å². The predicted molar refractivity (Wildman–Crippen MR) is 103 cm³/mol. The smallest absolute Gasteiger partial charge is 0.203 e. The lowest BCUT2D eigenvalue weighted by Crippen LogP contribution is -2.33. The summed E-state index contributed by atoms with van der Waals surface area (Å²) in [5.74, 6) is 3.29. The lowest BCUT2D eigenvalue weighted by atomic mass is 9.93. The molecule has 0 spiro atoms.